The van der Waals surface area contributed by atoms with Crippen LogP contribution in [0.1, 0.15) is 35.6 Å². The van der Waals surface area contributed by atoms with E-state index in [0.29, 0.717) is 29.0 Å². The first-order valence-corrected chi connectivity index (χ1v) is 10.2. The number of aromatic nitrogens is 2. The largest absolute Gasteiger partial charge is 0.466 e. The maximum atomic E-state index is 13.2. The van der Waals surface area contributed by atoms with Crippen LogP contribution in [-0.2, 0) is 37.8 Å². The highest BCUT2D eigenvalue weighted by atomic mass is 16.6. The molecule has 4 heterocycles. The molecule has 5 rings (SSSR count). The highest BCUT2D eigenvalue weighted by molar-refractivity contribution is 5.90. The molecule has 0 saturated carbocycles. The molecule has 3 aromatic rings. The summed E-state index contributed by atoms with van der Waals surface area (Å²) >= 11 is 0. The minimum Gasteiger partial charge on any atom is -0.466 e. The number of ether oxygens (including phenoxy) is 2. The van der Waals surface area contributed by atoms with Crippen LogP contribution in [-0.4, -0.2) is 33.7 Å². The van der Waals surface area contributed by atoms with Gasteiger partial charge in [-0.05, 0) is 36.3 Å². The van der Waals surface area contributed by atoms with Crippen molar-refractivity contribution in [1.29, 1.82) is 0 Å². The summed E-state index contributed by atoms with van der Waals surface area (Å²) in [7, 11) is 1.31. The molecule has 8 heteroatoms. The van der Waals surface area contributed by atoms with Gasteiger partial charge in [0.05, 0.1) is 36.1 Å². The number of esters is 2. The molecule has 0 bridgehead atoms. The fraction of sp³-hybridized carbons (Fsp3) is 0.250. The van der Waals surface area contributed by atoms with Crippen LogP contribution in [0.3, 0.4) is 0 Å². The molecule has 1 atom stereocenters. The summed E-state index contributed by atoms with van der Waals surface area (Å²) in [6.07, 6.45) is 3.07. The lowest BCUT2D eigenvalue weighted by molar-refractivity contribution is -0.172. The zero-order valence-corrected chi connectivity index (χ0v) is 17.5. The van der Waals surface area contributed by atoms with Crippen LogP contribution in [0, 0.1) is 0 Å². The summed E-state index contributed by atoms with van der Waals surface area (Å²) in [6.45, 7) is 1.86. The van der Waals surface area contributed by atoms with E-state index < -0.39 is 17.5 Å². The van der Waals surface area contributed by atoms with Gasteiger partial charge in [-0.3, -0.25) is 4.79 Å². The van der Waals surface area contributed by atoms with Gasteiger partial charge in [0.25, 0.3) is 5.56 Å². The van der Waals surface area contributed by atoms with Crippen LogP contribution in [0.25, 0.3) is 28.4 Å². The van der Waals surface area contributed by atoms with Gasteiger partial charge in [-0.15, -0.1) is 0 Å². The third kappa shape index (κ3) is 2.87. The quantitative estimate of drug-likeness (QED) is 0.391. The lowest BCUT2D eigenvalue weighted by Crippen LogP contribution is -2.44. The highest BCUT2D eigenvalue weighted by Crippen LogP contribution is 2.38. The first-order chi connectivity index (χ1) is 15.4. The molecular formula is C24H20N2O6. The van der Waals surface area contributed by atoms with Gasteiger partial charge in [0.2, 0.25) is 0 Å². The van der Waals surface area contributed by atoms with Gasteiger partial charge >= 0.3 is 11.9 Å². The van der Waals surface area contributed by atoms with Crippen LogP contribution in [0.2, 0.25) is 0 Å². The normalized spacial score (nSPS) is 18.9. The van der Waals surface area contributed by atoms with Gasteiger partial charge in [0, 0.05) is 22.6 Å². The number of pyridine rings is 2. The van der Waals surface area contributed by atoms with Crippen molar-refractivity contribution in [2.75, 3.05) is 7.11 Å². The van der Waals surface area contributed by atoms with Gasteiger partial charge in [-0.1, -0.05) is 19.1 Å². The SMILES string of the molecule is CCC1(O)C(=O)OCc2c1cc1n(c2=O)Cc2cc3ccc(C=CC(=O)OC)cc3nc2-1. The van der Waals surface area contributed by atoms with Crippen LogP contribution >= 0.6 is 0 Å². The number of aliphatic hydroxyl groups is 1. The molecular weight excluding hydrogens is 412 g/mol. The molecule has 2 aliphatic rings. The number of cyclic esters (lactones) is 1. The summed E-state index contributed by atoms with van der Waals surface area (Å²) in [5.41, 5.74) is 1.98. The topological polar surface area (TPSA) is 108 Å². The highest BCUT2D eigenvalue weighted by Gasteiger charge is 2.45. The maximum absolute atomic E-state index is 13.2. The van der Waals surface area contributed by atoms with Gasteiger partial charge < -0.3 is 19.1 Å². The Morgan fingerprint density at radius 3 is 2.88 bits per heavy atom. The molecule has 8 nitrogen and oxygen atoms in total. The molecule has 2 aromatic heterocycles. The third-order valence-corrected chi connectivity index (χ3v) is 6.15. The summed E-state index contributed by atoms with van der Waals surface area (Å²) < 4.78 is 11.3. The van der Waals surface area contributed by atoms with Crippen LogP contribution in [0.15, 0.2) is 41.2 Å². The van der Waals surface area contributed by atoms with Gasteiger partial charge in [0.1, 0.15) is 6.61 Å². The van der Waals surface area contributed by atoms with Gasteiger partial charge in [-0.25, -0.2) is 14.6 Å². The second-order valence-electron chi connectivity index (χ2n) is 7.91. The summed E-state index contributed by atoms with van der Waals surface area (Å²) in [5.74, 6) is -1.20. The van der Waals surface area contributed by atoms with Crippen LogP contribution < -0.4 is 5.56 Å². The Bertz CT molecular complexity index is 1400. The Balaban J connectivity index is 1.67. The standard InChI is InChI=1S/C24H20N2O6/c1-3-24(30)17-10-19-21-15(11-26(19)22(28)16(17)12-32-23(24)29)9-14-6-4-13(8-18(14)25-21)5-7-20(27)31-2/h4-10,30H,3,11-12H2,1-2H3. The van der Waals surface area contributed by atoms with E-state index in [2.05, 4.69) is 4.74 Å². The molecule has 0 saturated heterocycles. The number of benzene rings is 1. The fourth-order valence-corrected chi connectivity index (χ4v) is 4.33. The van der Waals surface area contributed by atoms with E-state index >= 15 is 0 Å². The molecule has 0 amide bonds. The second-order valence-corrected chi connectivity index (χ2v) is 7.91. The molecule has 162 valence electrons. The van der Waals surface area contributed by atoms with E-state index in [1.54, 1.807) is 23.6 Å². The molecule has 1 unspecified atom stereocenters. The minimum absolute atomic E-state index is 0.0929. The molecule has 0 spiro atoms. The molecule has 32 heavy (non-hydrogen) atoms. The van der Waals surface area contributed by atoms with Crippen molar-refractivity contribution < 1.29 is 24.2 Å². The number of carbonyl (C=O) groups is 2. The Labute approximate surface area is 182 Å². The summed E-state index contributed by atoms with van der Waals surface area (Å²) in [5, 5.41) is 11.8. The number of carbonyl (C=O) groups excluding carboxylic acids is 2. The van der Waals surface area contributed by atoms with Crippen molar-refractivity contribution in [2.45, 2.75) is 32.1 Å². The number of hydrogen-bond donors (Lipinski definition) is 1. The minimum atomic E-state index is -1.85. The molecule has 2 aliphatic heterocycles. The van der Waals surface area contributed by atoms with Crippen LogP contribution in [0.4, 0.5) is 0 Å². The number of rotatable bonds is 3. The Kier molecular flexibility index (Phi) is 4.49. The van der Waals surface area contributed by atoms with E-state index in [1.807, 2.05) is 24.3 Å². The number of fused-ring (bicyclic) bond motifs is 5. The average Bonchev–Trinajstić information content (AvgIpc) is 3.16. The molecule has 0 fully saturated rings. The van der Waals surface area contributed by atoms with E-state index in [9.17, 15) is 19.5 Å². The molecule has 1 aromatic carbocycles. The molecule has 1 N–H and O–H groups in total. The van der Waals surface area contributed by atoms with Crippen molar-refractivity contribution in [1.82, 2.24) is 9.55 Å². The van der Waals surface area contributed by atoms with Crippen molar-refractivity contribution in [2.24, 2.45) is 0 Å². The first kappa shape index (κ1) is 20.1. The van der Waals surface area contributed by atoms with E-state index in [0.717, 1.165) is 16.5 Å². The van der Waals surface area contributed by atoms with Gasteiger partial charge in [-0.2, -0.15) is 0 Å². The number of nitrogens with zero attached hydrogens (tertiary/aromatic N) is 2. The van der Waals surface area contributed by atoms with E-state index in [1.165, 1.54) is 13.2 Å². The first-order valence-electron chi connectivity index (χ1n) is 10.2. The summed E-state index contributed by atoms with van der Waals surface area (Å²) in [6, 6.07) is 9.27. The third-order valence-electron chi connectivity index (χ3n) is 6.15. The zero-order valence-electron chi connectivity index (χ0n) is 17.5. The Morgan fingerprint density at radius 2 is 2.12 bits per heavy atom. The lowest BCUT2D eigenvalue weighted by Gasteiger charge is -2.31. The van der Waals surface area contributed by atoms with Gasteiger partial charge in [0.15, 0.2) is 5.60 Å². The fourth-order valence-electron chi connectivity index (χ4n) is 4.33. The Morgan fingerprint density at radius 1 is 1.31 bits per heavy atom. The smallest absolute Gasteiger partial charge is 0.343 e. The monoisotopic (exact) mass is 432 g/mol. The van der Waals surface area contributed by atoms with Crippen molar-refractivity contribution in [3.05, 3.63) is 69.0 Å². The zero-order chi connectivity index (χ0) is 22.6. The van der Waals surface area contributed by atoms with Crippen molar-refractivity contribution in [3.63, 3.8) is 0 Å². The second kappa shape index (κ2) is 7.13. The lowest BCUT2D eigenvalue weighted by atomic mass is 9.86. The number of methoxy groups -OCH3 is 1. The van der Waals surface area contributed by atoms with E-state index in [4.69, 9.17) is 9.72 Å². The van der Waals surface area contributed by atoms with Crippen LogP contribution in [0.5, 0.6) is 0 Å². The maximum Gasteiger partial charge on any atom is 0.343 e. The number of hydrogen-bond acceptors (Lipinski definition) is 7. The summed E-state index contributed by atoms with van der Waals surface area (Å²) in [4.78, 5) is 41.6. The molecule has 0 radical (unpaired) electrons. The Hall–Kier alpha value is -3.78. The van der Waals surface area contributed by atoms with E-state index in [-0.39, 0.29) is 24.2 Å². The van der Waals surface area contributed by atoms with Crippen molar-refractivity contribution >= 4 is 28.9 Å². The predicted octanol–water partition coefficient (Wildman–Crippen LogP) is 2.27. The molecule has 0 aliphatic carbocycles. The predicted molar refractivity (Wildman–Crippen MR) is 116 cm³/mol. The average molecular weight is 432 g/mol. The van der Waals surface area contributed by atoms with Crippen molar-refractivity contribution in [3.8, 4) is 11.4 Å².